The summed E-state index contributed by atoms with van der Waals surface area (Å²) in [6.45, 7) is 3.38. The van der Waals surface area contributed by atoms with Crippen LogP contribution in [-0.4, -0.2) is 39.5 Å². The Morgan fingerprint density at radius 2 is 1.95 bits per heavy atom. The minimum Gasteiger partial charge on any atom is -0.398 e. The van der Waals surface area contributed by atoms with E-state index in [1.165, 1.54) is 25.3 Å². The number of likely N-dealkylation sites (tertiary alicyclic amines) is 1. The SMILES string of the molecule is Nc1ccc(F)cc1S(=O)(=O)NCCCN1CCCCC1. The number of hydrogen-bond donors (Lipinski definition) is 2. The molecule has 0 atom stereocenters. The van der Waals surface area contributed by atoms with Crippen LogP contribution in [0.3, 0.4) is 0 Å². The van der Waals surface area contributed by atoms with Crippen molar-refractivity contribution in [2.24, 2.45) is 0 Å². The second kappa shape index (κ2) is 7.20. The summed E-state index contributed by atoms with van der Waals surface area (Å²) in [5.74, 6) is -0.613. The summed E-state index contributed by atoms with van der Waals surface area (Å²) in [5, 5.41) is 0. The number of nitrogen functional groups attached to an aromatic ring is 1. The zero-order chi connectivity index (χ0) is 15.3. The molecule has 1 aliphatic heterocycles. The molecule has 1 aromatic carbocycles. The van der Waals surface area contributed by atoms with Gasteiger partial charge in [-0.25, -0.2) is 17.5 Å². The van der Waals surface area contributed by atoms with Gasteiger partial charge in [0.25, 0.3) is 0 Å². The highest BCUT2D eigenvalue weighted by atomic mass is 32.2. The molecule has 1 saturated heterocycles. The Kier molecular flexibility index (Phi) is 5.55. The summed E-state index contributed by atoms with van der Waals surface area (Å²) in [7, 11) is -3.75. The van der Waals surface area contributed by atoms with Crippen molar-refractivity contribution in [2.75, 3.05) is 31.9 Å². The van der Waals surface area contributed by atoms with E-state index in [2.05, 4.69) is 9.62 Å². The van der Waals surface area contributed by atoms with Crippen LogP contribution in [-0.2, 0) is 10.0 Å². The molecule has 1 aromatic rings. The van der Waals surface area contributed by atoms with E-state index in [9.17, 15) is 12.8 Å². The first-order chi connectivity index (χ1) is 9.99. The van der Waals surface area contributed by atoms with Crippen molar-refractivity contribution in [3.63, 3.8) is 0 Å². The highest BCUT2D eigenvalue weighted by Gasteiger charge is 2.18. The average Bonchev–Trinajstić information content (AvgIpc) is 2.47. The highest BCUT2D eigenvalue weighted by Crippen LogP contribution is 2.19. The lowest BCUT2D eigenvalue weighted by Gasteiger charge is -2.26. The Bertz CT molecular complexity index is 572. The predicted molar refractivity (Wildman–Crippen MR) is 80.9 cm³/mol. The number of halogens is 1. The van der Waals surface area contributed by atoms with Gasteiger partial charge in [0.05, 0.1) is 5.69 Å². The molecule has 0 bridgehead atoms. The lowest BCUT2D eigenvalue weighted by atomic mass is 10.1. The zero-order valence-electron chi connectivity index (χ0n) is 12.0. The van der Waals surface area contributed by atoms with Crippen molar-refractivity contribution in [2.45, 2.75) is 30.6 Å². The summed E-state index contributed by atoms with van der Waals surface area (Å²) in [6, 6.07) is 3.35. The van der Waals surface area contributed by atoms with E-state index in [1.807, 2.05) is 0 Å². The molecule has 1 fully saturated rings. The minimum absolute atomic E-state index is 0.0555. The van der Waals surface area contributed by atoms with Crippen LogP contribution in [0.4, 0.5) is 10.1 Å². The number of nitrogens with two attached hydrogens (primary N) is 1. The number of hydrogen-bond acceptors (Lipinski definition) is 4. The summed E-state index contributed by atoms with van der Waals surface area (Å²) < 4.78 is 39.8. The van der Waals surface area contributed by atoms with Crippen molar-refractivity contribution in [3.05, 3.63) is 24.0 Å². The number of anilines is 1. The normalized spacial score (nSPS) is 17.0. The van der Waals surface area contributed by atoms with E-state index >= 15 is 0 Å². The van der Waals surface area contributed by atoms with Crippen molar-refractivity contribution >= 4 is 15.7 Å². The van der Waals surface area contributed by atoms with Crippen molar-refractivity contribution in [3.8, 4) is 0 Å². The molecule has 7 heteroatoms. The minimum atomic E-state index is -3.75. The Labute approximate surface area is 125 Å². The van der Waals surface area contributed by atoms with Crippen LogP contribution in [0.1, 0.15) is 25.7 Å². The van der Waals surface area contributed by atoms with Gasteiger partial charge in [0.1, 0.15) is 10.7 Å². The molecule has 0 aliphatic carbocycles. The van der Waals surface area contributed by atoms with E-state index in [0.29, 0.717) is 6.54 Å². The van der Waals surface area contributed by atoms with Gasteiger partial charge in [-0.2, -0.15) is 0 Å². The Balaban J connectivity index is 1.85. The summed E-state index contributed by atoms with van der Waals surface area (Å²) in [6.07, 6.45) is 4.44. The van der Waals surface area contributed by atoms with E-state index in [0.717, 1.165) is 38.2 Å². The molecular weight excluding hydrogens is 293 g/mol. The van der Waals surface area contributed by atoms with Crippen molar-refractivity contribution in [1.82, 2.24) is 9.62 Å². The molecule has 0 aromatic heterocycles. The third-order valence-corrected chi connectivity index (χ3v) is 5.17. The highest BCUT2D eigenvalue weighted by molar-refractivity contribution is 7.89. The van der Waals surface area contributed by atoms with Gasteiger partial charge in [-0.3, -0.25) is 0 Å². The summed E-state index contributed by atoms with van der Waals surface area (Å²) in [4.78, 5) is 2.15. The topological polar surface area (TPSA) is 75.4 Å². The van der Waals surface area contributed by atoms with Crippen molar-refractivity contribution in [1.29, 1.82) is 0 Å². The number of nitrogens with zero attached hydrogens (tertiary/aromatic N) is 1. The van der Waals surface area contributed by atoms with Crippen molar-refractivity contribution < 1.29 is 12.8 Å². The van der Waals surface area contributed by atoms with E-state index < -0.39 is 15.8 Å². The lowest BCUT2D eigenvalue weighted by Crippen LogP contribution is -2.33. The molecular formula is C14H22FN3O2S. The fraction of sp³-hybridized carbons (Fsp3) is 0.571. The van der Waals surface area contributed by atoms with Gasteiger partial charge < -0.3 is 10.6 Å². The number of rotatable bonds is 6. The van der Waals surface area contributed by atoms with Gasteiger partial charge >= 0.3 is 0 Å². The van der Waals surface area contributed by atoms with Gasteiger partial charge in [-0.05, 0) is 57.1 Å². The molecule has 0 spiro atoms. The molecule has 1 aliphatic rings. The molecule has 0 unspecified atom stereocenters. The molecule has 0 radical (unpaired) electrons. The number of piperidine rings is 1. The summed E-state index contributed by atoms with van der Waals surface area (Å²) >= 11 is 0. The van der Waals surface area contributed by atoms with Crippen LogP contribution in [0, 0.1) is 5.82 Å². The van der Waals surface area contributed by atoms with Crippen LogP contribution >= 0.6 is 0 Å². The maximum absolute atomic E-state index is 13.2. The molecule has 21 heavy (non-hydrogen) atoms. The largest absolute Gasteiger partial charge is 0.398 e. The molecule has 0 saturated carbocycles. The Morgan fingerprint density at radius 3 is 2.67 bits per heavy atom. The van der Waals surface area contributed by atoms with E-state index in [1.54, 1.807) is 0 Å². The van der Waals surface area contributed by atoms with Gasteiger partial charge in [0.15, 0.2) is 0 Å². The lowest BCUT2D eigenvalue weighted by molar-refractivity contribution is 0.227. The van der Waals surface area contributed by atoms with E-state index in [-0.39, 0.29) is 10.6 Å². The molecule has 1 heterocycles. The number of sulfonamides is 1. The van der Waals surface area contributed by atoms with Gasteiger partial charge in [-0.15, -0.1) is 0 Å². The monoisotopic (exact) mass is 315 g/mol. The fourth-order valence-corrected chi connectivity index (χ4v) is 3.73. The maximum Gasteiger partial charge on any atom is 0.242 e. The first-order valence-electron chi connectivity index (χ1n) is 7.26. The van der Waals surface area contributed by atoms with Crippen LogP contribution < -0.4 is 10.5 Å². The third kappa shape index (κ3) is 4.66. The van der Waals surface area contributed by atoms with E-state index in [4.69, 9.17) is 5.73 Å². The third-order valence-electron chi connectivity index (χ3n) is 3.66. The number of nitrogens with one attached hydrogen (secondary N) is 1. The average molecular weight is 315 g/mol. The van der Waals surface area contributed by atoms with Crippen LogP contribution in [0.5, 0.6) is 0 Å². The van der Waals surface area contributed by atoms with Gasteiger partial charge in [-0.1, -0.05) is 6.42 Å². The van der Waals surface area contributed by atoms with Crippen LogP contribution in [0.25, 0.3) is 0 Å². The predicted octanol–water partition coefficient (Wildman–Crippen LogP) is 1.56. The van der Waals surface area contributed by atoms with Gasteiger partial charge in [0, 0.05) is 6.54 Å². The maximum atomic E-state index is 13.2. The molecule has 0 amide bonds. The molecule has 118 valence electrons. The zero-order valence-corrected chi connectivity index (χ0v) is 12.8. The Hall–Kier alpha value is -1.18. The standard InChI is InChI=1S/C14H22FN3O2S/c15-12-5-6-13(16)14(11-12)21(19,20)17-7-4-10-18-8-2-1-3-9-18/h5-6,11,17H,1-4,7-10,16H2. The molecule has 5 nitrogen and oxygen atoms in total. The van der Waals surface area contributed by atoms with Crippen LogP contribution in [0.2, 0.25) is 0 Å². The molecule has 3 N–H and O–H groups in total. The molecule has 2 rings (SSSR count). The second-order valence-corrected chi connectivity index (χ2v) is 7.07. The summed E-state index contributed by atoms with van der Waals surface area (Å²) in [5.41, 5.74) is 5.66. The number of benzene rings is 1. The quantitative estimate of drug-likeness (QED) is 0.617. The second-order valence-electron chi connectivity index (χ2n) is 5.34. The smallest absolute Gasteiger partial charge is 0.242 e. The fourth-order valence-electron chi connectivity index (χ4n) is 2.51. The Morgan fingerprint density at radius 1 is 1.24 bits per heavy atom. The first kappa shape index (κ1) is 16.2. The van der Waals surface area contributed by atoms with Gasteiger partial charge in [0.2, 0.25) is 10.0 Å². The first-order valence-corrected chi connectivity index (χ1v) is 8.74. The van der Waals surface area contributed by atoms with Crippen LogP contribution in [0.15, 0.2) is 23.1 Å².